The SMILES string of the molecule is C=CCOc1ccc(-c2nn3c(CSC(C)C)nnc3s2)cc1. The van der Waals surface area contributed by atoms with Crippen molar-refractivity contribution in [2.24, 2.45) is 0 Å². The second kappa shape index (κ2) is 7.14. The van der Waals surface area contributed by atoms with Gasteiger partial charge in [-0.05, 0) is 29.5 Å². The van der Waals surface area contributed by atoms with Crippen LogP contribution < -0.4 is 4.74 Å². The molecule has 3 aromatic rings. The minimum atomic E-state index is 0.507. The summed E-state index contributed by atoms with van der Waals surface area (Å²) < 4.78 is 7.34. The number of ether oxygens (including phenoxy) is 1. The van der Waals surface area contributed by atoms with E-state index in [1.807, 2.05) is 40.5 Å². The second-order valence-corrected chi connectivity index (χ2v) is 7.72. The van der Waals surface area contributed by atoms with Crippen LogP contribution in [0.1, 0.15) is 19.7 Å². The van der Waals surface area contributed by atoms with Crippen molar-refractivity contribution in [2.75, 3.05) is 6.61 Å². The van der Waals surface area contributed by atoms with Crippen molar-refractivity contribution in [3.63, 3.8) is 0 Å². The highest BCUT2D eigenvalue weighted by molar-refractivity contribution is 7.99. The summed E-state index contributed by atoms with van der Waals surface area (Å²) in [5.41, 5.74) is 1.05. The van der Waals surface area contributed by atoms with E-state index in [9.17, 15) is 0 Å². The summed E-state index contributed by atoms with van der Waals surface area (Å²) in [6.45, 7) is 8.49. The quantitative estimate of drug-likeness (QED) is 0.604. The Morgan fingerprint density at radius 1 is 1.30 bits per heavy atom. The van der Waals surface area contributed by atoms with Gasteiger partial charge in [-0.15, -0.1) is 10.2 Å². The zero-order valence-electron chi connectivity index (χ0n) is 13.1. The lowest BCUT2D eigenvalue weighted by Gasteiger charge is -2.03. The molecular weight excluding hydrogens is 328 g/mol. The Bertz CT molecular complexity index is 792. The number of hydrogen-bond donors (Lipinski definition) is 0. The van der Waals surface area contributed by atoms with Gasteiger partial charge in [0.1, 0.15) is 17.4 Å². The van der Waals surface area contributed by atoms with Crippen LogP contribution in [0.4, 0.5) is 0 Å². The highest BCUT2D eigenvalue weighted by Crippen LogP contribution is 2.28. The van der Waals surface area contributed by atoms with Crippen LogP contribution in [0.3, 0.4) is 0 Å². The molecule has 0 unspecified atom stereocenters. The molecule has 120 valence electrons. The van der Waals surface area contributed by atoms with Crippen molar-refractivity contribution < 1.29 is 4.74 Å². The molecular formula is C16H18N4OS2. The molecule has 0 N–H and O–H groups in total. The smallest absolute Gasteiger partial charge is 0.235 e. The van der Waals surface area contributed by atoms with Gasteiger partial charge in [0.25, 0.3) is 0 Å². The lowest BCUT2D eigenvalue weighted by molar-refractivity contribution is 0.363. The van der Waals surface area contributed by atoms with E-state index in [1.165, 1.54) is 0 Å². The molecule has 0 saturated carbocycles. The van der Waals surface area contributed by atoms with Gasteiger partial charge in [-0.2, -0.15) is 21.4 Å². The van der Waals surface area contributed by atoms with E-state index in [0.717, 1.165) is 32.9 Å². The standard InChI is InChI=1S/C16H18N4OS2/c1-4-9-21-13-7-5-12(6-8-13)15-19-20-14(10-22-11(2)3)17-18-16(20)23-15/h4-8,11H,1,9-10H2,2-3H3. The Kier molecular flexibility index (Phi) is 4.97. The number of nitrogens with zero attached hydrogens (tertiary/aromatic N) is 4. The normalized spacial score (nSPS) is 11.3. The summed E-state index contributed by atoms with van der Waals surface area (Å²) in [6, 6.07) is 7.90. The van der Waals surface area contributed by atoms with Gasteiger partial charge in [-0.1, -0.05) is 37.8 Å². The van der Waals surface area contributed by atoms with Gasteiger partial charge in [0.05, 0.1) is 5.75 Å². The Labute approximate surface area is 143 Å². The third-order valence-corrected chi connectivity index (χ3v) is 5.11. The van der Waals surface area contributed by atoms with Gasteiger partial charge in [0.2, 0.25) is 4.96 Å². The summed E-state index contributed by atoms with van der Waals surface area (Å²) in [4.78, 5) is 0.825. The molecule has 2 aromatic heterocycles. The second-order valence-electron chi connectivity index (χ2n) is 5.20. The zero-order valence-corrected chi connectivity index (χ0v) is 14.7. The fourth-order valence-corrected chi connectivity index (χ4v) is 3.48. The van der Waals surface area contributed by atoms with Crippen molar-refractivity contribution >= 4 is 28.1 Å². The molecule has 1 aromatic carbocycles. The average molecular weight is 346 g/mol. The molecule has 0 aliphatic rings. The maximum absolute atomic E-state index is 5.50. The molecule has 0 fully saturated rings. The van der Waals surface area contributed by atoms with Crippen LogP contribution >= 0.6 is 23.1 Å². The van der Waals surface area contributed by atoms with Crippen molar-refractivity contribution in [2.45, 2.75) is 24.9 Å². The Balaban J connectivity index is 1.81. The minimum absolute atomic E-state index is 0.507. The predicted molar refractivity (Wildman–Crippen MR) is 96.2 cm³/mol. The molecule has 0 aliphatic carbocycles. The van der Waals surface area contributed by atoms with E-state index < -0.39 is 0 Å². The fraction of sp³-hybridized carbons (Fsp3) is 0.312. The fourth-order valence-electron chi connectivity index (χ4n) is 1.95. The summed E-state index contributed by atoms with van der Waals surface area (Å²) in [5, 5.41) is 14.6. The van der Waals surface area contributed by atoms with E-state index in [-0.39, 0.29) is 0 Å². The van der Waals surface area contributed by atoms with Crippen LogP contribution in [-0.2, 0) is 5.75 Å². The molecule has 0 atom stereocenters. The van der Waals surface area contributed by atoms with E-state index in [2.05, 4.69) is 35.7 Å². The maximum Gasteiger partial charge on any atom is 0.235 e. The highest BCUT2D eigenvalue weighted by Gasteiger charge is 2.13. The molecule has 0 radical (unpaired) electrons. The van der Waals surface area contributed by atoms with Crippen LogP contribution in [0, 0.1) is 0 Å². The monoisotopic (exact) mass is 346 g/mol. The van der Waals surface area contributed by atoms with Crippen molar-refractivity contribution in [1.82, 2.24) is 19.8 Å². The van der Waals surface area contributed by atoms with Crippen LogP contribution in [0.25, 0.3) is 15.5 Å². The lowest BCUT2D eigenvalue weighted by atomic mass is 10.2. The van der Waals surface area contributed by atoms with Crippen molar-refractivity contribution in [3.8, 4) is 16.3 Å². The third kappa shape index (κ3) is 3.73. The first-order valence-electron chi connectivity index (χ1n) is 7.34. The van der Waals surface area contributed by atoms with Gasteiger partial charge in [0.15, 0.2) is 5.82 Å². The van der Waals surface area contributed by atoms with Crippen molar-refractivity contribution in [1.29, 1.82) is 0 Å². The molecule has 0 spiro atoms. The van der Waals surface area contributed by atoms with Crippen LogP contribution in [0.15, 0.2) is 36.9 Å². The first kappa shape index (κ1) is 16.0. The van der Waals surface area contributed by atoms with Crippen LogP contribution in [-0.4, -0.2) is 31.7 Å². The average Bonchev–Trinajstić information content (AvgIpc) is 3.12. The van der Waals surface area contributed by atoms with Gasteiger partial charge in [-0.25, -0.2) is 0 Å². The zero-order chi connectivity index (χ0) is 16.2. The molecule has 5 nitrogen and oxygen atoms in total. The lowest BCUT2D eigenvalue weighted by Crippen LogP contribution is -1.97. The van der Waals surface area contributed by atoms with Gasteiger partial charge < -0.3 is 4.74 Å². The number of aromatic nitrogens is 4. The van der Waals surface area contributed by atoms with Gasteiger partial charge in [0, 0.05) is 5.56 Å². The molecule has 0 bridgehead atoms. The van der Waals surface area contributed by atoms with Crippen molar-refractivity contribution in [3.05, 3.63) is 42.7 Å². The van der Waals surface area contributed by atoms with Gasteiger partial charge >= 0.3 is 0 Å². The maximum atomic E-state index is 5.50. The Morgan fingerprint density at radius 2 is 2.09 bits per heavy atom. The summed E-state index contributed by atoms with van der Waals surface area (Å²) in [5.74, 6) is 2.54. The van der Waals surface area contributed by atoms with E-state index in [0.29, 0.717) is 11.9 Å². The molecule has 23 heavy (non-hydrogen) atoms. The van der Waals surface area contributed by atoms with Crippen LogP contribution in [0.5, 0.6) is 5.75 Å². The number of hydrogen-bond acceptors (Lipinski definition) is 6. The number of fused-ring (bicyclic) bond motifs is 1. The highest BCUT2D eigenvalue weighted by atomic mass is 32.2. The van der Waals surface area contributed by atoms with E-state index in [1.54, 1.807) is 17.4 Å². The number of benzene rings is 1. The van der Waals surface area contributed by atoms with E-state index in [4.69, 9.17) is 4.74 Å². The third-order valence-electron chi connectivity index (χ3n) is 3.07. The topological polar surface area (TPSA) is 52.3 Å². The first-order chi connectivity index (χ1) is 11.2. The largest absolute Gasteiger partial charge is 0.490 e. The van der Waals surface area contributed by atoms with Crippen LogP contribution in [0.2, 0.25) is 0 Å². The molecule has 0 amide bonds. The number of rotatable bonds is 7. The summed E-state index contributed by atoms with van der Waals surface area (Å²) >= 11 is 3.38. The van der Waals surface area contributed by atoms with Gasteiger partial charge in [-0.3, -0.25) is 0 Å². The Hall–Kier alpha value is -1.86. The molecule has 0 aliphatic heterocycles. The molecule has 2 heterocycles. The summed E-state index contributed by atoms with van der Waals surface area (Å²) in [7, 11) is 0. The molecule has 0 saturated heterocycles. The predicted octanol–water partition coefficient (Wildman–Crippen LogP) is 4.06. The van der Waals surface area contributed by atoms with E-state index >= 15 is 0 Å². The first-order valence-corrected chi connectivity index (χ1v) is 9.20. The Morgan fingerprint density at radius 3 is 2.78 bits per heavy atom. The molecule has 7 heteroatoms. The number of thioether (sulfide) groups is 1. The minimum Gasteiger partial charge on any atom is -0.490 e. The molecule has 3 rings (SSSR count). The summed E-state index contributed by atoms with van der Waals surface area (Å²) in [6.07, 6.45) is 1.73.